The van der Waals surface area contributed by atoms with Gasteiger partial charge in [-0.2, -0.15) is 0 Å². The van der Waals surface area contributed by atoms with E-state index in [1.54, 1.807) is 20.8 Å². The molecule has 1 unspecified atom stereocenters. The van der Waals surface area contributed by atoms with Crippen LogP contribution in [0.1, 0.15) is 34.6 Å². The molecule has 0 bridgehead atoms. The van der Waals surface area contributed by atoms with E-state index >= 15 is 0 Å². The monoisotopic (exact) mass is 228 g/mol. The van der Waals surface area contributed by atoms with Gasteiger partial charge in [0.1, 0.15) is 0 Å². The van der Waals surface area contributed by atoms with Crippen molar-refractivity contribution >= 4 is 17.4 Å². The van der Waals surface area contributed by atoms with Gasteiger partial charge in [0.2, 0.25) is 0 Å². The Hall–Kier alpha value is -1.59. The molecule has 0 aromatic carbocycles. The molecule has 0 spiro atoms. The molecule has 0 radical (unpaired) electrons. The second-order valence-corrected chi connectivity index (χ2v) is 4.30. The smallest absolute Gasteiger partial charge is 0.304 e. The van der Waals surface area contributed by atoms with Crippen molar-refractivity contribution in [1.29, 1.82) is 0 Å². The van der Waals surface area contributed by atoms with Crippen molar-refractivity contribution in [3.05, 3.63) is 10.4 Å². The molecule has 1 atom stereocenters. The highest BCUT2D eigenvalue weighted by molar-refractivity contribution is 6.12. The number of hydrazone groups is 2. The van der Waals surface area contributed by atoms with Crippen LogP contribution in [0.2, 0.25) is 0 Å². The molecule has 1 rings (SSSR count). The summed E-state index contributed by atoms with van der Waals surface area (Å²) >= 11 is 0. The molecule has 0 aromatic heterocycles. The number of hydrogen-bond donors (Lipinski definition) is 0. The molecule has 0 N–H and O–H groups in total. The van der Waals surface area contributed by atoms with E-state index in [0.717, 1.165) is 0 Å². The van der Waals surface area contributed by atoms with Gasteiger partial charge in [0.05, 0.1) is 9.70 Å². The number of carbonyl (C=O) groups excluding carboxylic acids is 1. The Morgan fingerprint density at radius 2 is 1.88 bits per heavy atom. The lowest BCUT2D eigenvalue weighted by Crippen LogP contribution is -2.47. The van der Waals surface area contributed by atoms with E-state index in [4.69, 9.17) is 4.74 Å². The molecule has 6 heteroatoms. The Bertz CT molecular complexity index is 398. The van der Waals surface area contributed by atoms with Crippen molar-refractivity contribution in [2.45, 2.75) is 40.2 Å². The molecule has 0 aromatic rings. The van der Waals surface area contributed by atoms with E-state index in [1.165, 1.54) is 13.8 Å². The quantitative estimate of drug-likeness (QED) is 0.398. The number of hydrazine groups is 1. The van der Waals surface area contributed by atoms with E-state index in [2.05, 4.69) is 0 Å². The summed E-state index contributed by atoms with van der Waals surface area (Å²) in [5, 5.41) is 23.1. The molecule has 0 saturated heterocycles. The van der Waals surface area contributed by atoms with Gasteiger partial charge in [0.15, 0.2) is 0 Å². The van der Waals surface area contributed by atoms with Crippen LogP contribution in [0.15, 0.2) is 0 Å². The summed E-state index contributed by atoms with van der Waals surface area (Å²) in [6.45, 7) is 7.83. The minimum Gasteiger partial charge on any atom is -0.561 e. The van der Waals surface area contributed by atoms with Crippen LogP contribution in [0.4, 0.5) is 0 Å². The van der Waals surface area contributed by atoms with Crippen LogP contribution in [0.5, 0.6) is 0 Å². The summed E-state index contributed by atoms with van der Waals surface area (Å²) < 4.78 is 5.13. The molecular weight excluding hydrogens is 212 g/mol. The second-order valence-electron chi connectivity index (χ2n) is 4.30. The van der Waals surface area contributed by atoms with E-state index in [-0.39, 0.29) is 27.0 Å². The van der Waals surface area contributed by atoms with Gasteiger partial charge in [-0.15, -0.1) is 0 Å². The molecular formula is C10H16N2O4. The van der Waals surface area contributed by atoms with Gasteiger partial charge in [-0.25, -0.2) is 0 Å². The maximum atomic E-state index is 11.6. The fraction of sp³-hybridized carbons (Fsp3) is 0.700. The summed E-state index contributed by atoms with van der Waals surface area (Å²) in [5.74, 6) is -0.709. The molecule has 0 aliphatic carbocycles. The zero-order chi connectivity index (χ0) is 12.7. The highest BCUT2D eigenvalue weighted by atomic mass is 16.7. The first-order valence-electron chi connectivity index (χ1n) is 5.07. The molecule has 16 heavy (non-hydrogen) atoms. The Labute approximate surface area is 94.0 Å². The van der Waals surface area contributed by atoms with Crippen LogP contribution < -0.4 is 0 Å². The molecule has 0 saturated carbocycles. The molecule has 0 amide bonds. The predicted molar refractivity (Wildman–Crippen MR) is 58.0 cm³/mol. The normalized spacial score (nSPS) is 25.6. The van der Waals surface area contributed by atoms with E-state index in [1.807, 2.05) is 0 Å². The van der Waals surface area contributed by atoms with Crippen LogP contribution in [-0.2, 0) is 9.53 Å². The molecule has 0 fully saturated rings. The Balaban J connectivity index is 3.31. The molecule has 6 nitrogen and oxygen atoms in total. The maximum Gasteiger partial charge on any atom is 0.304 e. The molecule has 1 aliphatic rings. The van der Waals surface area contributed by atoms with Gasteiger partial charge in [-0.05, 0) is 6.92 Å². The summed E-state index contributed by atoms with van der Waals surface area (Å²) in [6.07, 6.45) is 0. The maximum absolute atomic E-state index is 11.6. The SMILES string of the molecule is CC(=O)OC1(C)C(C)=[N+]([O-])[N+]([O-])=C1C(C)C. The lowest BCUT2D eigenvalue weighted by Gasteiger charge is -2.20. The van der Waals surface area contributed by atoms with Gasteiger partial charge < -0.3 is 15.2 Å². The predicted octanol–water partition coefficient (Wildman–Crippen LogP) is 0.815. The fourth-order valence-corrected chi connectivity index (χ4v) is 1.97. The highest BCUT2D eigenvalue weighted by Crippen LogP contribution is 2.25. The van der Waals surface area contributed by atoms with Crippen molar-refractivity contribution < 1.29 is 19.2 Å². The first-order valence-corrected chi connectivity index (χ1v) is 5.07. The number of nitrogens with zero attached hydrogens (tertiary/aromatic N) is 2. The molecule has 90 valence electrons. The standard InChI is InChI=1S/C10H16N2O4/c1-6(2)9-10(5,16-8(4)13)7(3)11(14)12(9)15/h6H,1-5H3. The first-order chi connectivity index (χ1) is 7.21. The zero-order valence-corrected chi connectivity index (χ0v) is 10.1. The third-order valence-electron chi connectivity index (χ3n) is 2.73. The number of esters is 1. The highest BCUT2D eigenvalue weighted by Gasteiger charge is 2.57. The van der Waals surface area contributed by atoms with Crippen LogP contribution in [0.3, 0.4) is 0 Å². The minimum absolute atomic E-state index is 0.168. The first kappa shape index (κ1) is 12.5. The number of ether oxygens (including phenoxy) is 1. The molecule has 1 heterocycles. The van der Waals surface area contributed by atoms with Crippen LogP contribution in [-0.4, -0.2) is 32.7 Å². The Morgan fingerprint density at radius 3 is 2.25 bits per heavy atom. The van der Waals surface area contributed by atoms with Crippen molar-refractivity contribution in [3.63, 3.8) is 0 Å². The lowest BCUT2D eigenvalue weighted by molar-refractivity contribution is -1.05. The van der Waals surface area contributed by atoms with E-state index in [9.17, 15) is 15.2 Å². The third-order valence-corrected chi connectivity index (χ3v) is 2.73. The Morgan fingerprint density at radius 1 is 1.38 bits per heavy atom. The summed E-state index contributed by atoms with van der Waals surface area (Å²) in [6, 6.07) is 0. The van der Waals surface area contributed by atoms with Gasteiger partial charge in [-0.3, -0.25) is 4.79 Å². The van der Waals surface area contributed by atoms with E-state index < -0.39 is 11.6 Å². The van der Waals surface area contributed by atoms with Crippen molar-refractivity contribution in [3.8, 4) is 0 Å². The van der Waals surface area contributed by atoms with Crippen molar-refractivity contribution in [2.24, 2.45) is 5.92 Å². The number of rotatable bonds is 2. The average Bonchev–Trinajstić information content (AvgIpc) is 2.27. The van der Waals surface area contributed by atoms with Crippen LogP contribution >= 0.6 is 0 Å². The zero-order valence-electron chi connectivity index (χ0n) is 10.1. The summed E-state index contributed by atoms with van der Waals surface area (Å²) in [4.78, 5) is 11.5. The topological polar surface area (TPSA) is 78.4 Å². The fourth-order valence-electron chi connectivity index (χ4n) is 1.97. The summed E-state index contributed by atoms with van der Waals surface area (Å²) in [5.41, 5.74) is -0.819. The largest absolute Gasteiger partial charge is 0.561 e. The number of carbonyl (C=O) groups is 1. The summed E-state index contributed by atoms with van der Waals surface area (Å²) in [7, 11) is 0. The van der Waals surface area contributed by atoms with Gasteiger partial charge >= 0.3 is 5.97 Å². The van der Waals surface area contributed by atoms with Crippen LogP contribution in [0, 0.1) is 16.3 Å². The van der Waals surface area contributed by atoms with Crippen molar-refractivity contribution in [1.82, 2.24) is 0 Å². The van der Waals surface area contributed by atoms with Gasteiger partial charge in [-0.1, -0.05) is 13.8 Å². The third kappa shape index (κ3) is 1.64. The lowest BCUT2D eigenvalue weighted by atomic mass is 9.88. The van der Waals surface area contributed by atoms with Crippen molar-refractivity contribution in [2.75, 3.05) is 0 Å². The van der Waals surface area contributed by atoms with E-state index in [0.29, 0.717) is 0 Å². The van der Waals surface area contributed by atoms with Crippen LogP contribution in [0.25, 0.3) is 0 Å². The minimum atomic E-state index is -1.23. The second kappa shape index (κ2) is 3.77. The van der Waals surface area contributed by atoms with Gasteiger partial charge in [0.25, 0.3) is 17.0 Å². The van der Waals surface area contributed by atoms with Gasteiger partial charge in [0, 0.05) is 19.8 Å². The Kier molecular flexibility index (Phi) is 2.94. The average molecular weight is 228 g/mol. The molecule has 1 aliphatic heterocycles. The number of hydrogen-bond acceptors (Lipinski definition) is 4.